The summed E-state index contributed by atoms with van der Waals surface area (Å²) >= 11 is 0. The lowest BCUT2D eigenvalue weighted by molar-refractivity contribution is 0.0646. The highest BCUT2D eigenvalue weighted by Crippen LogP contribution is 2.32. The fourth-order valence-corrected chi connectivity index (χ4v) is 4.24. The number of hydrogen-bond acceptors (Lipinski definition) is 3. The van der Waals surface area contributed by atoms with E-state index in [4.69, 9.17) is 0 Å². The average molecular weight is 332 g/mol. The monoisotopic (exact) mass is 332 g/mol. The Hall–Kier alpha value is -2.66. The highest BCUT2D eigenvalue weighted by molar-refractivity contribution is 6.06. The normalized spacial score (nSPS) is 22.8. The molecule has 0 aliphatic carbocycles. The van der Waals surface area contributed by atoms with E-state index in [0.717, 1.165) is 41.5 Å². The Morgan fingerprint density at radius 2 is 1.92 bits per heavy atom. The molecular formula is C20H20N4O. The lowest BCUT2D eigenvalue weighted by Crippen LogP contribution is -2.47. The quantitative estimate of drug-likeness (QED) is 0.785. The third kappa shape index (κ3) is 2.27. The van der Waals surface area contributed by atoms with Gasteiger partial charge < -0.3 is 4.90 Å². The number of likely N-dealkylation sites (N-methyl/N-ethyl adjacent to an activating group) is 1. The lowest BCUT2D eigenvalue weighted by Gasteiger charge is -2.31. The number of amides is 1. The molecule has 5 nitrogen and oxygen atoms in total. The van der Waals surface area contributed by atoms with Crippen LogP contribution in [-0.4, -0.2) is 58.1 Å². The fraction of sp³-hybridized carbons (Fsp3) is 0.300. The number of rotatable bonds is 2. The SMILES string of the molecule is CN1C[C@@H]2C[C@H]1CN2C(=O)c1n[nH]c2ccc(-c3ccccc3)cc12. The van der Waals surface area contributed by atoms with Crippen LogP contribution in [0.4, 0.5) is 0 Å². The molecule has 25 heavy (non-hydrogen) atoms. The second-order valence-electron chi connectivity index (χ2n) is 7.14. The number of nitrogens with one attached hydrogen (secondary N) is 1. The van der Waals surface area contributed by atoms with E-state index in [-0.39, 0.29) is 5.91 Å². The maximum atomic E-state index is 13.1. The number of likely N-dealkylation sites (tertiary alicyclic amines) is 2. The van der Waals surface area contributed by atoms with Crippen molar-refractivity contribution in [2.75, 3.05) is 20.1 Å². The van der Waals surface area contributed by atoms with Crippen molar-refractivity contribution >= 4 is 16.8 Å². The minimum absolute atomic E-state index is 0.0528. The van der Waals surface area contributed by atoms with Gasteiger partial charge in [0.15, 0.2) is 5.69 Å². The Kier molecular flexibility index (Phi) is 3.18. The molecule has 1 aromatic heterocycles. The molecule has 0 spiro atoms. The number of benzene rings is 2. The standard InChI is InChI=1S/C20H20N4O/c1-23-11-16-10-15(23)12-24(16)20(25)19-17-9-14(7-8-18(17)21-22-19)13-5-3-2-4-6-13/h2-9,15-16H,10-12H2,1H3,(H,21,22)/t15-,16-/m0/s1. The van der Waals surface area contributed by atoms with Gasteiger partial charge in [0.25, 0.3) is 5.91 Å². The van der Waals surface area contributed by atoms with Gasteiger partial charge in [-0.15, -0.1) is 0 Å². The molecule has 1 amide bonds. The molecule has 2 fully saturated rings. The van der Waals surface area contributed by atoms with Gasteiger partial charge in [-0.05, 0) is 36.7 Å². The minimum atomic E-state index is 0.0528. The van der Waals surface area contributed by atoms with Crippen LogP contribution < -0.4 is 0 Å². The zero-order chi connectivity index (χ0) is 17.0. The van der Waals surface area contributed by atoms with Crippen molar-refractivity contribution < 1.29 is 4.79 Å². The number of aromatic nitrogens is 2. The van der Waals surface area contributed by atoms with Gasteiger partial charge in [-0.1, -0.05) is 36.4 Å². The lowest BCUT2D eigenvalue weighted by atomic mass is 10.0. The highest BCUT2D eigenvalue weighted by Gasteiger charge is 2.44. The van der Waals surface area contributed by atoms with E-state index in [2.05, 4.69) is 46.4 Å². The molecule has 5 heteroatoms. The average Bonchev–Trinajstić information content (AvgIpc) is 3.34. The Bertz CT molecular complexity index is 947. The number of carbonyl (C=O) groups excluding carboxylic acids is 1. The second-order valence-corrected chi connectivity index (χ2v) is 7.14. The number of carbonyl (C=O) groups is 1. The van der Waals surface area contributed by atoms with Gasteiger partial charge in [-0.25, -0.2) is 0 Å². The van der Waals surface area contributed by atoms with Crippen LogP contribution in [0.5, 0.6) is 0 Å². The minimum Gasteiger partial charge on any atom is -0.331 e. The smallest absolute Gasteiger partial charge is 0.275 e. The fourth-order valence-electron chi connectivity index (χ4n) is 4.24. The van der Waals surface area contributed by atoms with Crippen LogP contribution in [0, 0.1) is 0 Å². The number of hydrogen-bond donors (Lipinski definition) is 1. The molecule has 0 saturated carbocycles. The molecule has 5 rings (SSSR count). The van der Waals surface area contributed by atoms with Gasteiger partial charge in [-0.3, -0.25) is 14.8 Å². The molecule has 126 valence electrons. The van der Waals surface area contributed by atoms with Crippen molar-refractivity contribution in [1.82, 2.24) is 20.0 Å². The van der Waals surface area contributed by atoms with E-state index in [1.54, 1.807) is 0 Å². The van der Waals surface area contributed by atoms with Crippen LogP contribution in [0.15, 0.2) is 48.5 Å². The van der Waals surface area contributed by atoms with Crippen molar-refractivity contribution in [3.63, 3.8) is 0 Å². The Morgan fingerprint density at radius 3 is 2.64 bits per heavy atom. The summed E-state index contributed by atoms with van der Waals surface area (Å²) in [5, 5.41) is 8.27. The number of aromatic amines is 1. The molecule has 2 saturated heterocycles. The predicted octanol–water partition coefficient (Wildman–Crippen LogP) is 2.76. The molecule has 1 N–H and O–H groups in total. The summed E-state index contributed by atoms with van der Waals surface area (Å²) in [6.45, 7) is 1.78. The van der Waals surface area contributed by atoms with E-state index in [1.807, 2.05) is 29.2 Å². The molecule has 2 aromatic carbocycles. The summed E-state index contributed by atoms with van der Waals surface area (Å²) in [6.07, 6.45) is 1.08. The second kappa shape index (κ2) is 5.43. The predicted molar refractivity (Wildman–Crippen MR) is 97.4 cm³/mol. The van der Waals surface area contributed by atoms with Crippen molar-refractivity contribution in [2.45, 2.75) is 18.5 Å². The molecule has 0 unspecified atom stereocenters. The summed E-state index contributed by atoms with van der Waals surface area (Å²) in [5.41, 5.74) is 3.70. The molecule has 3 heterocycles. The van der Waals surface area contributed by atoms with E-state index < -0.39 is 0 Å². The summed E-state index contributed by atoms with van der Waals surface area (Å²) < 4.78 is 0. The molecule has 2 aliphatic rings. The van der Waals surface area contributed by atoms with Crippen LogP contribution in [-0.2, 0) is 0 Å². The van der Waals surface area contributed by atoms with Crippen molar-refractivity contribution in [2.24, 2.45) is 0 Å². The van der Waals surface area contributed by atoms with E-state index >= 15 is 0 Å². The molecular weight excluding hydrogens is 312 g/mol. The van der Waals surface area contributed by atoms with Gasteiger partial charge in [-0.2, -0.15) is 5.10 Å². The topological polar surface area (TPSA) is 52.2 Å². The van der Waals surface area contributed by atoms with E-state index in [9.17, 15) is 4.79 Å². The number of fused-ring (bicyclic) bond motifs is 3. The zero-order valence-corrected chi connectivity index (χ0v) is 14.1. The molecule has 2 aliphatic heterocycles. The van der Waals surface area contributed by atoms with Gasteiger partial charge in [0, 0.05) is 30.6 Å². The third-order valence-corrected chi connectivity index (χ3v) is 5.65. The molecule has 2 bridgehead atoms. The van der Waals surface area contributed by atoms with Gasteiger partial charge in [0.1, 0.15) is 0 Å². The zero-order valence-electron chi connectivity index (χ0n) is 14.1. The van der Waals surface area contributed by atoms with Crippen LogP contribution in [0.3, 0.4) is 0 Å². The first-order valence-electron chi connectivity index (χ1n) is 8.75. The maximum Gasteiger partial charge on any atom is 0.275 e. The van der Waals surface area contributed by atoms with Gasteiger partial charge >= 0.3 is 0 Å². The molecule has 3 aromatic rings. The Morgan fingerprint density at radius 1 is 1.08 bits per heavy atom. The Balaban J connectivity index is 1.52. The molecule has 0 radical (unpaired) electrons. The van der Waals surface area contributed by atoms with Crippen molar-refractivity contribution in [3.8, 4) is 11.1 Å². The number of piperazine rings is 1. The van der Waals surface area contributed by atoms with Crippen LogP contribution in [0.2, 0.25) is 0 Å². The van der Waals surface area contributed by atoms with E-state index in [1.165, 1.54) is 0 Å². The first-order chi connectivity index (χ1) is 12.2. The highest BCUT2D eigenvalue weighted by atomic mass is 16.2. The van der Waals surface area contributed by atoms with Gasteiger partial charge in [0.2, 0.25) is 0 Å². The summed E-state index contributed by atoms with van der Waals surface area (Å²) in [6, 6.07) is 17.2. The number of H-pyrrole nitrogens is 1. The Labute approximate surface area is 146 Å². The van der Waals surface area contributed by atoms with Crippen molar-refractivity contribution in [1.29, 1.82) is 0 Å². The maximum absolute atomic E-state index is 13.1. The first-order valence-corrected chi connectivity index (χ1v) is 8.75. The first kappa shape index (κ1) is 14.7. The molecule has 2 atom stereocenters. The van der Waals surface area contributed by atoms with Crippen molar-refractivity contribution in [3.05, 3.63) is 54.2 Å². The van der Waals surface area contributed by atoms with Crippen LogP contribution in [0.25, 0.3) is 22.0 Å². The number of nitrogens with zero attached hydrogens (tertiary/aromatic N) is 3. The summed E-state index contributed by atoms with van der Waals surface area (Å²) in [4.78, 5) is 17.5. The van der Waals surface area contributed by atoms with Crippen LogP contribution in [0.1, 0.15) is 16.9 Å². The van der Waals surface area contributed by atoms with Gasteiger partial charge in [0.05, 0.1) is 5.52 Å². The largest absolute Gasteiger partial charge is 0.331 e. The summed E-state index contributed by atoms with van der Waals surface area (Å²) in [5.74, 6) is 0.0528. The van der Waals surface area contributed by atoms with E-state index in [0.29, 0.717) is 17.8 Å². The van der Waals surface area contributed by atoms with Crippen LogP contribution >= 0.6 is 0 Å². The third-order valence-electron chi connectivity index (χ3n) is 5.65. The summed E-state index contributed by atoms with van der Waals surface area (Å²) in [7, 11) is 2.14.